The Kier molecular flexibility index (Phi) is 5.65. The van der Waals surface area contributed by atoms with Crippen molar-refractivity contribution in [2.45, 2.75) is 33.2 Å². The number of carbonyl (C=O) groups excluding carboxylic acids is 2. The van der Waals surface area contributed by atoms with Gasteiger partial charge in [0.05, 0.1) is 12.1 Å². The van der Waals surface area contributed by atoms with Crippen LogP contribution in [0.15, 0.2) is 36.4 Å². The van der Waals surface area contributed by atoms with Crippen LogP contribution in [0.4, 0.5) is 10.5 Å². The van der Waals surface area contributed by atoms with Crippen molar-refractivity contribution in [2.75, 3.05) is 25.0 Å². The number of hydrogen-bond donors (Lipinski definition) is 2. The largest absolute Gasteiger partial charge is 0.339 e. The molecule has 0 atom stereocenters. The highest BCUT2D eigenvalue weighted by atomic mass is 16.2. The van der Waals surface area contributed by atoms with Gasteiger partial charge in [-0.25, -0.2) is 9.48 Å². The summed E-state index contributed by atoms with van der Waals surface area (Å²) >= 11 is 0. The molecule has 30 heavy (non-hydrogen) atoms. The average molecular weight is 406 g/mol. The minimum atomic E-state index is -0.259. The lowest BCUT2D eigenvalue weighted by Crippen LogP contribution is -2.31. The van der Waals surface area contributed by atoms with E-state index in [-0.39, 0.29) is 11.9 Å². The molecule has 2 heterocycles. The molecule has 1 aliphatic heterocycles. The smallest absolute Gasteiger partial charge is 0.319 e. The molecule has 3 aromatic rings. The van der Waals surface area contributed by atoms with Crippen molar-refractivity contribution in [3.63, 3.8) is 0 Å². The summed E-state index contributed by atoms with van der Waals surface area (Å²) in [5.41, 5.74) is 5.12. The summed E-state index contributed by atoms with van der Waals surface area (Å²) in [5, 5.41) is 14.1. The standard InChI is InChI=1S/C22H26N6O2/c1-15-5-7-18(16(2)13-15)24-22(30)23-9-12-28-20-8-6-17(14-19(20)25-26-28)21(29)27-10-3-4-11-27/h5-8,13-14H,3-4,9-12H2,1-2H3,(H2,23,24,30). The molecule has 4 rings (SSSR count). The van der Waals surface area contributed by atoms with Gasteiger partial charge in [0.2, 0.25) is 0 Å². The van der Waals surface area contributed by atoms with Gasteiger partial charge in [0.15, 0.2) is 0 Å². The molecular weight excluding hydrogens is 380 g/mol. The second kappa shape index (κ2) is 8.52. The summed E-state index contributed by atoms with van der Waals surface area (Å²) in [6.07, 6.45) is 2.13. The van der Waals surface area contributed by atoms with Gasteiger partial charge in [-0.15, -0.1) is 5.10 Å². The maximum Gasteiger partial charge on any atom is 0.319 e. The Morgan fingerprint density at radius 3 is 2.63 bits per heavy atom. The van der Waals surface area contributed by atoms with Gasteiger partial charge in [-0.3, -0.25) is 4.79 Å². The third-order valence-corrected chi connectivity index (χ3v) is 5.39. The van der Waals surface area contributed by atoms with Crippen molar-refractivity contribution in [3.05, 3.63) is 53.1 Å². The van der Waals surface area contributed by atoms with Crippen LogP contribution in [0.25, 0.3) is 11.0 Å². The van der Waals surface area contributed by atoms with E-state index in [9.17, 15) is 9.59 Å². The Hall–Kier alpha value is -3.42. The van der Waals surface area contributed by atoms with Gasteiger partial charge in [0.1, 0.15) is 5.52 Å². The van der Waals surface area contributed by atoms with Crippen molar-refractivity contribution >= 4 is 28.7 Å². The van der Waals surface area contributed by atoms with Gasteiger partial charge in [0.25, 0.3) is 5.91 Å². The summed E-state index contributed by atoms with van der Waals surface area (Å²) in [6, 6.07) is 11.1. The average Bonchev–Trinajstić information content (AvgIpc) is 3.40. The van der Waals surface area contributed by atoms with E-state index in [0.717, 1.165) is 48.3 Å². The number of rotatable bonds is 5. The van der Waals surface area contributed by atoms with E-state index in [0.29, 0.717) is 24.2 Å². The Morgan fingerprint density at radius 2 is 1.87 bits per heavy atom. The van der Waals surface area contributed by atoms with Crippen LogP contribution in [-0.2, 0) is 6.54 Å². The van der Waals surface area contributed by atoms with Crippen LogP contribution < -0.4 is 10.6 Å². The first-order valence-corrected chi connectivity index (χ1v) is 10.3. The van der Waals surface area contributed by atoms with Crippen LogP contribution >= 0.6 is 0 Å². The van der Waals surface area contributed by atoms with Gasteiger partial charge in [-0.1, -0.05) is 22.9 Å². The van der Waals surface area contributed by atoms with Crippen molar-refractivity contribution in [3.8, 4) is 0 Å². The highest BCUT2D eigenvalue weighted by Gasteiger charge is 2.20. The highest BCUT2D eigenvalue weighted by Crippen LogP contribution is 2.18. The Balaban J connectivity index is 1.35. The van der Waals surface area contributed by atoms with Crippen LogP contribution in [0.5, 0.6) is 0 Å². The van der Waals surface area contributed by atoms with E-state index < -0.39 is 0 Å². The summed E-state index contributed by atoms with van der Waals surface area (Å²) in [7, 11) is 0. The number of likely N-dealkylation sites (tertiary alicyclic amines) is 1. The molecule has 0 spiro atoms. The molecule has 3 amide bonds. The third kappa shape index (κ3) is 4.27. The Labute approximate surface area is 175 Å². The Bertz CT molecular complexity index is 1080. The minimum Gasteiger partial charge on any atom is -0.339 e. The molecule has 1 aromatic heterocycles. The number of nitrogens with zero attached hydrogens (tertiary/aromatic N) is 4. The molecule has 1 fully saturated rings. The number of aromatic nitrogens is 3. The number of aryl methyl sites for hydroxylation is 2. The van der Waals surface area contributed by atoms with Gasteiger partial charge in [-0.05, 0) is 56.5 Å². The zero-order valence-electron chi connectivity index (χ0n) is 17.3. The maximum absolute atomic E-state index is 12.6. The molecule has 0 bridgehead atoms. The normalized spacial score (nSPS) is 13.6. The quantitative estimate of drug-likeness (QED) is 0.681. The molecule has 2 aromatic carbocycles. The molecule has 2 N–H and O–H groups in total. The number of carbonyl (C=O) groups is 2. The Morgan fingerprint density at radius 1 is 1.07 bits per heavy atom. The zero-order valence-corrected chi connectivity index (χ0v) is 17.3. The lowest BCUT2D eigenvalue weighted by atomic mass is 10.1. The summed E-state index contributed by atoms with van der Waals surface area (Å²) in [5.74, 6) is 0.0497. The first kappa shape index (κ1) is 19.9. The molecular formula is C22H26N6O2. The van der Waals surface area contributed by atoms with E-state index >= 15 is 0 Å². The summed E-state index contributed by atoms with van der Waals surface area (Å²) < 4.78 is 1.73. The number of hydrogen-bond acceptors (Lipinski definition) is 4. The fourth-order valence-corrected chi connectivity index (χ4v) is 3.77. The lowest BCUT2D eigenvalue weighted by Gasteiger charge is -2.15. The molecule has 8 heteroatoms. The predicted octanol–water partition coefficient (Wildman–Crippen LogP) is 3.11. The fraction of sp³-hybridized carbons (Fsp3) is 0.364. The van der Waals surface area contributed by atoms with Crippen LogP contribution in [-0.4, -0.2) is 51.5 Å². The van der Waals surface area contributed by atoms with Crippen LogP contribution in [0.3, 0.4) is 0 Å². The summed E-state index contributed by atoms with van der Waals surface area (Å²) in [6.45, 7) is 6.51. The van der Waals surface area contributed by atoms with E-state index in [1.165, 1.54) is 0 Å². The molecule has 1 saturated heterocycles. The number of benzene rings is 2. The lowest BCUT2D eigenvalue weighted by molar-refractivity contribution is 0.0793. The SMILES string of the molecule is Cc1ccc(NC(=O)NCCn2nnc3cc(C(=O)N4CCCC4)ccc32)c(C)c1. The second-order valence-corrected chi connectivity index (χ2v) is 7.71. The molecule has 0 radical (unpaired) electrons. The second-order valence-electron chi connectivity index (χ2n) is 7.71. The number of urea groups is 1. The van der Waals surface area contributed by atoms with Crippen LogP contribution in [0.2, 0.25) is 0 Å². The highest BCUT2D eigenvalue weighted by molar-refractivity contribution is 5.97. The van der Waals surface area contributed by atoms with Gasteiger partial charge in [-0.2, -0.15) is 0 Å². The maximum atomic E-state index is 12.6. The van der Waals surface area contributed by atoms with Crippen LogP contribution in [0, 0.1) is 13.8 Å². The van der Waals surface area contributed by atoms with Gasteiger partial charge in [0, 0.05) is 30.9 Å². The monoisotopic (exact) mass is 406 g/mol. The van der Waals surface area contributed by atoms with Crippen molar-refractivity contribution in [2.24, 2.45) is 0 Å². The molecule has 8 nitrogen and oxygen atoms in total. The fourth-order valence-electron chi connectivity index (χ4n) is 3.77. The molecule has 0 unspecified atom stereocenters. The first-order valence-electron chi connectivity index (χ1n) is 10.3. The van der Waals surface area contributed by atoms with Gasteiger partial charge < -0.3 is 15.5 Å². The van der Waals surface area contributed by atoms with Crippen molar-refractivity contribution < 1.29 is 9.59 Å². The molecule has 0 saturated carbocycles. The van der Waals surface area contributed by atoms with Gasteiger partial charge >= 0.3 is 6.03 Å². The molecule has 1 aliphatic rings. The van der Waals surface area contributed by atoms with Crippen molar-refractivity contribution in [1.82, 2.24) is 25.2 Å². The zero-order chi connectivity index (χ0) is 21.1. The predicted molar refractivity (Wildman–Crippen MR) is 116 cm³/mol. The first-order chi connectivity index (χ1) is 14.5. The van der Waals surface area contributed by atoms with E-state index in [1.807, 2.05) is 49.1 Å². The summed E-state index contributed by atoms with van der Waals surface area (Å²) in [4.78, 5) is 26.6. The number of nitrogens with one attached hydrogen (secondary N) is 2. The minimum absolute atomic E-state index is 0.0497. The van der Waals surface area contributed by atoms with E-state index in [2.05, 4.69) is 20.9 Å². The van der Waals surface area contributed by atoms with Crippen LogP contribution in [0.1, 0.15) is 34.3 Å². The number of fused-ring (bicyclic) bond motifs is 1. The van der Waals surface area contributed by atoms with E-state index in [4.69, 9.17) is 0 Å². The molecule has 0 aliphatic carbocycles. The number of amides is 3. The van der Waals surface area contributed by atoms with E-state index in [1.54, 1.807) is 10.7 Å². The number of anilines is 1. The molecule has 156 valence electrons. The van der Waals surface area contributed by atoms with Crippen molar-refractivity contribution in [1.29, 1.82) is 0 Å². The topological polar surface area (TPSA) is 92.1 Å². The third-order valence-electron chi connectivity index (χ3n) is 5.39.